The lowest BCUT2D eigenvalue weighted by Crippen LogP contribution is -2.33. The summed E-state index contributed by atoms with van der Waals surface area (Å²) >= 11 is 1.92. The standard InChI is InChI=1S/C9H22N2S/c1-9(8-12-4)11(3)7-5-6-10-2/h9-10H,5-8H2,1-4H3. The van der Waals surface area contributed by atoms with Gasteiger partial charge in [-0.1, -0.05) is 0 Å². The molecule has 0 fully saturated rings. The van der Waals surface area contributed by atoms with E-state index in [-0.39, 0.29) is 0 Å². The number of hydrogen-bond acceptors (Lipinski definition) is 3. The van der Waals surface area contributed by atoms with Crippen molar-refractivity contribution in [3.05, 3.63) is 0 Å². The van der Waals surface area contributed by atoms with E-state index in [1.54, 1.807) is 0 Å². The van der Waals surface area contributed by atoms with E-state index in [4.69, 9.17) is 0 Å². The Balaban J connectivity index is 3.35. The molecule has 0 saturated heterocycles. The fraction of sp³-hybridized carbons (Fsp3) is 1.00. The van der Waals surface area contributed by atoms with Crippen LogP contribution in [0, 0.1) is 0 Å². The zero-order valence-electron chi connectivity index (χ0n) is 8.76. The summed E-state index contributed by atoms with van der Waals surface area (Å²) in [6.07, 6.45) is 3.41. The molecule has 0 saturated carbocycles. The predicted octanol–water partition coefficient (Wildman–Crippen LogP) is 1.28. The molecule has 0 aliphatic heterocycles. The fourth-order valence-electron chi connectivity index (χ4n) is 1.09. The van der Waals surface area contributed by atoms with E-state index in [1.807, 2.05) is 18.8 Å². The fourth-order valence-corrected chi connectivity index (χ4v) is 1.83. The summed E-state index contributed by atoms with van der Waals surface area (Å²) in [6.45, 7) is 4.61. The van der Waals surface area contributed by atoms with Gasteiger partial charge < -0.3 is 10.2 Å². The van der Waals surface area contributed by atoms with Gasteiger partial charge in [-0.05, 0) is 46.8 Å². The van der Waals surface area contributed by atoms with Crippen LogP contribution in [-0.4, -0.2) is 50.1 Å². The molecule has 0 spiro atoms. The molecule has 1 atom stereocenters. The summed E-state index contributed by atoms with van der Waals surface area (Å²) in [6, 6.07) is 0.705. The van der Waals surface area contributed by atoms with E-state index in [0.29, 0.717) is 6.04 Å². The highest BCUT2D eigenvalue weighted by Crippen LogP contribution is 2.03. The Labute approximate surface area is 81.1 Å². The molecule has 1 N–H and O–H groups in total. The summed E-state index contributed by atoms with van der Waals surface area (Å²) in [5, 5.41) is 3.16. The van der Waals surface area contributed by atoms with Crippen molar-refractivity contribution < 1.29 is 0 Å². The topological polar surface area (TPSA) is 15.3 Å². The highest BCUT2D eigenvalue weighted by atomic mass is 32.2. The van der Waals surface area contributed by atoms with Crippen LogP contribution in [0.25, 0.3) is 0 Å². The molecule has 0 aromatic heterocycles. The Kier molecular flexibility index (Phi) is 8.07. The molecule has 0 aromatic carbocycles. The number of nitrogens with one attached hydrogen (secondary N) is 1. The maximum absolute atomic E-state index is 3.16. The lowest BCUT2D eigenvalue weighted by atomic mass is 10.3. The van der Waals surface area contributed by atoms with Crippen molar-refractivity contribution in [1.82, 2.24) is 10.2 Å². The van der Waals surface area contributed by atoms with Crippen molar-refractivity contribution in [3.8, 4) is 0 Å². The van der Waals surface area contributed by atoms with Gasteiger partial charge in [-0.2, -0.15) is 11.8 Å². The van der Waals surface area contributed by atoms with Gasteiger partial charge in [-0.3, -0.25) is 0 Å². The second-order valence-electron chi connectivity index (χ2n) is 3.24. The van der Waals surface area contributed by atoms with Gasteiger partial charge in [0.2, 0.25) is 0 Å². The maximum atomic E-state index is 3.16. The SMILES string of the molecule is CNCCCN(C)C(C)CSC. The first-order valence-electron chi connectivity index (χ1n) is 4.56. The van der Waals surface area contributed by atoms with Crippen molar-refractivity contribution in [1.29, 1.82) is 0 Å². The molecule has 0 aromatic rings. The summed E-state index contributed by atoms with van der Waals surface area (Å²) in [7, 11) is 4.21. The quantitative estimate of drug-likeness (QED) is 0.609. The highest BCUT2D eigenvalue weighted by molar-refractivity contribution is 7.98. The second kappa shape index (κ2) is 7.90. The van der Waals surface area contributed by atoms with Crippen LogP contribution in [-0.2, 0) is 0 Å². The minimum absolute atomic E-state index is 0.705. The Morgan fingerprint density at radius 2 is 2.17 bits per heavy atom. The minimum Gasteiger partial charge on any atom is -0.320 e. The van der Waals surface area contributed by atoms with E-state index >= 15 is 0 Å². The molecular weight excluding hydrogens is 168 g/mol. The molecule has 0 aliphatic carbocycles. The zero-order chi connectivity index (χ0) is 9.40. The van der Waals surface area contributed by atoms with Gasteiger partial charge in [0.15, 0.2) is 0 Å². The summed E-state index contributed by atoms with van der Waals surface area (Å²) in [5.41, 5.74) is 0. The van der Waals surface area contributed by atoms with Gasteiger partial charge in [0.25, 0.3) is 0 Å². The highest BCUT2D eigenvalue weighted by Gasteiger charge is 2.06. The van der Waals surface area contributed by atoms with Crippen molar-refractivity contribution in [2.24, 2.45) is 0 Å². The smallest absolute Gasteiger partial charge is 0.0154 e. The van der Waals surface area contributed by atoms with Crippen LogP contribution in [0.2, 0.25) is 0 Å². The van der Waals surface area contributed by atoms with Crippen molar-refractivity contribution >= 4 is 11.8 Å². The molecule has 0 heterocycles. The molecule has 0 bridgehead atoms. The third kappa shape index (κ3) is 5.86. The van der Waals surface area contributed by atoms with Crippen LogP contribution in [0.4, 0.5) is 0 Å². The van der Waals surface area contributed by atoms with E-state index in [9.17, 15) is 0 Å². The zero-order valence-corrected chi connectivity index (χ0v) is 9.58. The third-order valence-corrected chi connectivity index (χ3v) is 2.91. The molecule has 1 unspecified atom stereocenters. The lowest BCUT2D eigenvalue weighted by molar-refractivity contribution is 0.274. The third-order valence-electron chi connectivity index (χ3n) is 2.10. The van der Waals surface area contributed by atoms with E-state index in [1.165, 1.54) is 18.7 Å². The van der Waals surface area contributed by atoms with Crippen molar-refractivity contribution in [3.63, 3.8) is 0 Å². The number of rotatable bonds is 7. The minimum atomic E-state index is 0.705. The molecule has 2 nitrogen and oxygen atoms in total. The first-order chi connectivity index (χ1) is 5.72. The van der Waals surface area contributed by atoms with Crippen LogP contribution < -0.4 is 5.32 Å². The van der Waals surface area contributed by atoms with E-state index in [0.717, 1.165) is 6.54 Å². The first kappa shape index (κ1) is 12.3. The second-order valence-corrected chi connectivity index (χ2v) is 4.15. The molecular formula is C9H22N2S. The Morgan fingerprint density at radius 3 is 2.67 bits per heavy atom. The number of hydrogen-bond donors (Lipinski definition) is 1. The van der Waals surface area contributed by atoms with Crippen molar-refractivity contribution in [2.75, 3.05) is 39.2 Å². The Bertz CT molecular complexity index is 98.5. The lowest BCUT2D eigenvalue weighted by Gasteiger charge is -2.23. The number of thioether (sulfide) groups is 1. The summed E-state index contributed by atoms with van der Waals surface area (Å²) in [4.78, 5) is 2.42. The van der Waals surface area contributed by atoms with E-state index in [2.05, 4.69) is 30.4 Å². The van der Waals surface area contributed by atoms with Gasteiger partial charge in [-0.25, -0.2) is 0 Å². The molecule has 0 radical (unpaired) electrons. The average molecular weight is 190 g/mol. The molecule has 3 heteroatoms. The molecule has 0 amide bonds. The van der Waals surface area contributed by atoms with Crippen LogP contribution >= 0.6 is 11.8 Å². The Hall–Kier alpha value is 0.270. The molecule has 0 rings (SSSR count). The van der Waals surface area contributed by atoms with Crippen LogP contribution in [0.3, 0.4) is 0 Å². The Morgan fingerprint density at radius 1 is 1.50 bits per heavy atom. The molecule has 12 heavy (non-hydrogen) atoms. The normalized spacial score (nSPS) is 13.8. The summed E-state index contributed by atoms with van der Waals surface area (Å²) < 4.78 is 0. The average Bonchev–Trinajstić information content (AvgIpc) is 2.05. The van der Waals surface area contributed by atoms with E-state index < -0.39 is 0 Å². The van der Waals surface area contributed by atoms with Crippen LogP contribution in [0.15, 0.2) is 0 Å². The van der Waals surface area contributed by atoms with Gasteiger partial charge in [0.05, 0.1) is 0 Å². The first-order valence-corrected chi connectivity index (χ1v) is 5.95. The molecule has 74 valence electrons. The maximum Gasteiger partial charge on any atom is 0.0154 e. The van der Waals surface area contributed by atoms with Gasteiger partial charge in [0.1, 0.15) is 0 Å². The summed E-state index contributed by atoms with van der Waals surface area (Å²) in [5.74, 6) is 1.23. The van der Waals surface area contributed by atoms with Gasteiger partial charge in [-0.15, -0.1) is 0 Å². The predicted molar refractivity (Wildman–Crippen MR) is 59.0 cm³/mol. The number of nitrogens with zero attached hydrogens (tertiary/aromatic N) is 1. The van der Waals surface area contributed by atoms with Crippen LogP contribution in [0.1, 0.15) is 13.3 Å². The van der Waals surface area contributed by atoms with Gasteiger partial charge >= 0.3 is 0 Å². The van der Waals surface area contributed by atoms with Crippen molar-refractivity contribution in [2.45, 2.75) is 19.4 Å². The largest absolute Gasteiger partial charge is 0.320 e. The van der Waals surface area contributed by atoms with Crippen LogP contribution in [0.5, 0.6) is 0 Å². The monoisotopic (exact) mass is 190 g/mol. The van der Waals surface area contributed by atoms with Gasteiger partial charge in [0, 0.05) is 11.8 Å². The molecule has 0 aliphatic rings.